The van der Waals surface area contributed by atoms with Crippen LogP contribution in [-0.2, 0) is 24.1 Å². The zero-order chi connectivity index (χ0) is 20.4. The lowest BCUT2D eigenvalue weighted by atomic mass is 10.0. The standard InChI is InChI=1S/C23H30O5/c1-2-7-19-22(12-10-18(13-14-24)23(19)27)28-15-6-4-3-5-8-17-9-11-20(25)21(26)16-17/h9-12,14,16,25-27H,2-8,13,15H2,1H3. The summed E-state index contributed by atoms with van der Waals surface area (Å²) in [7, 11) is 0. The van der Waals surface area contributed by atoms with Crippen LogP contribution in [0.15, 0.2) is 30.3 Å². The predicted octanol–water partition coefficient (Wildman–Crippen LogP) is 4.68. The van der Waals surface area contributed by atoms with E-state index in [1.54, 1.807) is 12.1 Å². The molecule has 0 saturated heterocycles. The van der Waals surface area contributed by atoms with Gasteiger partial charge in [-0.05, 0) is 49.4 Å². The van der Waals surface area contributed by atoms with Gasteiger partial charge in [-0.25, -0.2) is 0 Å². The van der Waals surface area contributed by atoms with E-state index in [0.29, 0.717) is 24.3 Å². The normalized spacial score (nSPS) is 10.8. The molecule has 0 atom stereocenters. The second-order valence-corrected chi connectivity index (χ2v) is 7.01. The van der Waals surface area contributed by atoms with E-state index >= 15 is 0 Å². The van der Waals surface area contributed by atoms with Gasteiger partial charge in [-0.3, -0.25) is 0 Å². The summed E-state index contributed by atoms with van der Waals surface area (Å²) in [5, 5.41) is 29.2. The van der Waals surface area contributed by atoms with Crippen molar-refractivity contribution >= 4 is 6.29 Å². The number of aromatic hydroxyl groups is 3. The van der Waals surface area contributed by atoms with Crippen molar-refractivity contribution in [3.05, 3.63) is 47.0 Å². The quantitative estimate of drug-likeness (QED) is 0.280. The number of phenols is 3. The van der Waals surface area contributed by atoms with Gasteiger partial charge in [-0.15, -0.1) is 0 Å². The zero-order valence-electron chi connectivity index (χ0n) is 16.5. The van der Waals surface area contributed by atoms with Gasteiger partial charge in [0.05, 0.1) is 6.61 Å². The first-order valence-corrected chi connectivity index (χ1v) is 9.97. The van der Waals surface area contributed by atoms with Crippen molar-refractivity contribution in [1.82, 2.24) is 0 Å². The molecule has 0 unspecified atom stereocenters. The van der Waals surface area contributed by atoms with Gasteiger partial charge < -0.3 is 24.9 Å². The van der Waals surface area contributed by atoms with Crippen LogP contribution in [0.2, 0.25) is 0 Å². The maximum Gasteiger partial charge on any atom is 0.157 e. The highest BCUT2D eigenvalue weighted by Crippen LogP contribution is 2.33. The molecular weight excluding hydrogens is 356 g/mol. The van der Waals surface area contributed by atoms with E-state index in [1.807, 2.05) is 19.1 Å². The highest BCUT2D eigenvalue weighted by Gasteiger charge is 2.13. The molecular formula is C23H30O5. The Labute approximate surface area is 166 Å². The summed E-state index contributed by atoms with van der Waals surface area (Å²) in [5.41, 5.74) is 2.45. The van der Waals surface area contributed by atoms with Crippen molar-refractivity contribution < 1.29 is 24.9 Å². The maximum absolute atomic E-state index is 10.7. The molecule has 152 valence electrons. The molecule has 0 aromatic heterocycles. The van der Waals surface area contributed by atoms with E-state index in [-0.39, 0.29) is 23.7 Å². The fourth-order valence-electron chi connectivity index (χ4n) is 3.24. The van der Waals surface area contributed by atoms with E-state index in [4.69, 9.17) is 4.74 Å². The number of rotatable bonds is 12. The van der Waals surface area contributed by atoms with Gasteiger partial charge in [0.1, 0.15) is 17.8 Å². The number of hydrogen-bond acceptors (Lipinski definition) is 5. The number of unbranched alkanes of at least 4 members (excludes halogenated alkanes) is 3. The minimum absolute atomic E-state index is 0.0730. The molecule has 2 aromatic rings. The lowest BCUT2D eigenvalue weighted by Gasteiger charge is -2.15. The van der Waals surface area contributed by atoms with Crippen molar-refractivity contribution in [3.63, 3.8) is 0 Å². The maximum atomic E-state index is 10.7. The summed E-state index contributed by atoms with van der Waals surface area (Å²) in [6, 6.07) is 8.55. The first-order chi connectivity index (χ1) is 13.6. The average Bonchev–Trinajstić information content (AvgIpc) is 2.68. The molecule has 0 bridgehead atoms. The number of ether oxygens (including phenoxy) is 1. The Balaban J connectivity index is 1.74. The van der Waals surface area contributed by atoms with Crippen LogP contribution in [0, 0.1) is 0 Å². The van der Waals surface area contributed by atoms with Crippen molar-refractivity contribution in [2.24, 2.45) is 0 Å². The van der Waals surface area contributed by atoms with E-state index in [0.717, 1.165) is 55.9 Å². The Morgan fingerprint density at radius 3 is 2.43 bits per heavy atom. The van der Waals surface area contributed by atoms with Gasteiger partial charge in [0.25, 0.3) is 0 Å². The number of hydrogen-bond donors (Lipinski definition) is 3. The molecule has 0 spiro atoms. The predicted molar refractivity (Wildman–Crippen MR) is 109 cm³/mol. The molecule has 0 amide bonds. The molecule has 0 aliphatic rings. The van der Waals surface area contributed by atoms with Crippen molar-refractivity contribution in [2.45, 2.75) is 58.3 Å². The first-order valence-electron chi connectivity index (χ1n) is 9.97. The van der Waals surface area contributed by atoms with E-state index in [1.165, 1.54) is 6.07 Å². The SMILES string of the molecule is CCCc1c(OCCCCCCc2ccc(O)c(O)c2)ccc(CC=O)c1O. The second kappa shape index (κ2) is 11.2. The van der Waals surface area contributed by atoms with Gasteiger partial charge in [-0.2, -0.15) is 0 Å². The molecule has 0 aliphatic carbocycles. The number of carbonyl (C=O) groups is 1. The Hall–Kier alpha value is -2.69. The number of phenolic OH excluding ortho intramolecular Hbond substituents is 3. The third-order valence-corrected chi connectivity index (χ3v) is 4.78. The minimum atomic E-state index is -0.0893. The van der Waals surface area contributed by atoms with E-state index in [2.05, 4.69) is 0 Å². The summed E-state index contributed by atoms with van der Waals surface area (Å²) in [6.07, 6.45) is 7.48. The van der Waals surface area contributed by atoms with Crippen LogP contribution in [-0.4, -0.2) is 28.2 Å². The Morgan fingerprint density at radius 2 is 1.71 bits per heavy atom. The van der Waals surface area contributed by atoms with Crippen LogP contribution in [0.4, 0.5) is 0 Å². The van der Waals surface area contributed by atoms with Gasteiger partial charge >= 0.3 is 0 Å². The number of aldehydes is 1. The first kappa shape index (κ1) is 21.6. The summed E-state index contributed by atoms with van der Waals surface area (Å²) in [4.78, 5) is 10.7. The summed E-state index contributed by atoms with van der Waals surface area (Å²) in [6.45, 7) is 2.63. The van der Waals surface area contributed by atoms with Gasteiger partial charge in [0, 0.05) is 17.5 Å². The fourth-order valence-corrected chi connectivity index (χ4v) is 3.24. The highest BCUT2D eigenvalue weighted by molar-refractivity contribution is 5.60. The topological polar surface area (TPSA) is 87.0 Å². The van der Waals surface area contributed by atoms with Crippen LogP contribution in [0.1, 0.15) is 55.7 Å². The van der Waals surface area contributed by atoms with E-state index in [9.17, 15) is 20.1 Å². The molecule has 0 heterocycles. The summed E-state index contributed by atoms with van der Waals surface area (Å²) < 4.78 is 5.89. The molecule has 2 rings (SSSR count). The van der Waals surface area contributed by atoms with Crippen molar-refractivity contribution in [1.29, 1.82) is 0 Å². The number of benzene rings is 2. The molecule has 0 radical (unpaired) electrons. The lowest BCUT2D eigenvalue weighted by Crippen LogP contribution is -2.02. The smallest absolute Gasteiger partial charge is 0.157 e. The molecule has 5 heteroatoms. The Bertz CT molecular complexity index is 770. The Morgan fingerprint density at radius 1 is 0.929 bits per heavy atom. The summed E-state index contributed by atoms with van der Waals surface area (Å²) >= 11 is 0. The van der Waals surface area contributed by atoms with Crippen molar-refractivity contribution in [2.75, 3.05) is 6.61 Å². The monoisotopic (exact) mass is 386 g/mol. The Kier molecular flexibility index (Phi) is 8.66. The van der Waals surface area contributed by atoms with Crippen LogP contribution in [0.3, 0.4) is 0 Å². The van der Waals surface area contributed by atoms with Gasteiger partial charge in [-0.1, -0.05) is 38.3 Å². The minimum Gasteiger partial charge on any atom is -0.507 e. The van der Waals surface area contributed by atoms with Crippen LogP contribution >= 0.6 is 0 Å². The molecule has 3 N–H and O–H groups in total. The zero-order valence-corrected chi connectivity index (χ0v) is 16.5. The second-order valence-electron chi connectivity index (χ2n) is 7.01. The van der Waals surface area contributed by atoms with Gasteiger partial charge in [0.15, 0.2) is 11.5 Å². The molecule has 0 fully saturated rings. The number of aryl methyl sites for hydroxylation is 1. The van der Waals surface area contributed by atoms with Crippen molar-refractivity contribution in [3.8, 4) is 23.0 Å². The van der Waals surface area contributed by atoms with Crippen LogP contribution in [0.5, 0.6) is 23.0 Å². The van der Waals surface area contributed by atoms with E-state index < -0.39 is 0 Å². The molecule has 0 saturated carbocycles. The average molecular weight is 386 g/mol. The van der Waals surface area contributed by atoms with Gasteiger partial charge in [0.2, 0.25) is 0 Å². The molecule has 0 aliphatic heterocycles. The molecule has 2 aromatic carbocycles. The molecule has 5 nitrogen and oxygen atoms in total. The van der Waals surface area contributed by atoms with Crippen LogP contribution in [0.25, 0.3) is 0 Å². The fraction of sp³-hybridized carbons (Fsp3) is 0.435. The summed E-state index contributed by atoms with van der Waals surface area (Å²) in [5.74, 6) is 0.724. The van der Waals surface area contributed by atoms with Crippen LogP contribution < -0.4 is 4.74 Å². The third-order valence-electron chi connectivity index (χ3n) is 4.78. The third kappa shape index (κ3) is 6.19. The highest BCUT2D eigenvalue weighted by atomic mass is 16.5. The number of carbonyl (C=O) groups excluding carboxylic acids is 1. The lowest BCUT2D eigenvalue weighted by molar-refractivity contribution is -0.107. The largest absolute Gasteiger partial charge is 0.507 e. The molecule has 28 heavy (non-hydrogen) atoms.